The molecule has 2 aliphatic rings. The fourth-order valence-electron chi connectivity index (χ4n) is 4.15. The molecule has 4 rings (SSSR count). The Balaban J connectivity index is 1.56. The Morgan fingerprint density at radius 1 is 1.20 bits per heavy atom. The molecule has 2 fully saturated rings. The largest absolute Gasteiger partial charge is 0.326 e. The molecule has 8 nitrogen and oxygen atoms in total. The summed E-state index contributed by atoms with van der Waals surface area (Å²) >= 11 is 4.62. The van der Waals surface area contributed by atoms with Crippen LogP contribution in [0.15, 0.2) is 40.2 Å². The molecule has 1 aromatic heterocycles. The molecular weight excluding hydrogens is 470 g/mol. The van der Waals surface area contributed by atoms with E-state index in [4.69, 9.17) is 0 Å². The molecule has 0 radical (unpaired) electrons. The number of aromatic amines is 1. The first kappa shape index (κ1) is 21.0. The van der Waals surface area contributed by atoms with Crippen molar-refractivity contribution in [1.29, 1.82) is 0 Å². The van der Waals surface area contributed by atoms with Crippen molar-refractivity contribution in [3.05, 3.63) is 35.1 Å². The van der Waals surface area contributed by atoms with Crippen molar-refractivity contribution < 1.29 is 14.4 Å². The fraction of sp³-hybridized carbons (Fsp3) is 0.450. The van der Waals surface area contributed by atoms with Gasteiger partial charge in [-0.2, -0.15) is 5.10 Å². The molecule has 1 N–H and O–H groups in total. The number of thioether (sulfide) groups is 1. The molecule has 3 amide bonds. The van der Waals surface area contributed by atoms with Gasteiger partial charge < -0.3 is 4.90 Å². The highest BCUT2D eigenvalue weighted by Gasteiger charge is 2.46. The molecule has 0 spiro atoms. The molecule has 1 saturated carbocycles. The van der Waals surface area contributed by atoms with Crippen LogP contribution in [0, 0.1) is 0 Å². The average molecular weight is 492 g/mol. The molecule has 158 valence electrons. The number of aromatic nitrogens is 3. The summed E-state index contributed by atoms with van der Waals surface area (Å²) in [5.74, 6) is -0.607. The van der Waals surface area contributed by atoms with E-state index in [-0.39, 0.29) is 35.9 Å². The van der Waals surface area contributed by atoms with Crippen LogP contribution in [-0.2, 0) is 14.4 Å². The molecular formula is C20H22BrN5O3S. The standard InChI is InChI=1S/C20H22BrN5O3S/c21-13-6-8-15(9-7-13)26-17(27)10-16(19(26)29)25(14-4-2-1-3-5-14)18(28)11-30-20-22-12-23-24-20/h6-9,12,14,16H,1-5,10-11H2,(H,22,23,24). The van der Waals surface area contributed by atoms with Gasteiger partial charge in [0.1, 0.15) is 12.4 Å². The van der Waals surface area contributed by atoms with Crippen molar-refractivity contribution >= 4 is 51.1 Å². The summed E-state index contributed by atoms with van der Waals surface area (Å²) < 4.78 is 0.866. The van der Waals surface area contributed by atoms with Crippen LogP contribution in [0.25, 0.3) is 0 Å². The number of amides is 3. The number of H-pyrrole nitrogens is 1. The van der Waals surface area contributed by atoms with Gasteiger partial charge in [0.25, 0.3) is 5.91 Å². The van der Waals surface area contributed by atoms with Gasteiger partial charge in [0.2, 0.25) is 11.8 Å². The molecule has 1 aliphatic heterocycles. The number of imide groups is 1. The zero-order valence-electron chi connectivity index (χ0n) is 16.3. The number of hydrogen-bond donors (Lipinski definition) is 1. The van der Waals surface area contributed by atoms with Crippen LogP contribution in [0.3, 0.4) is 0 Å². The van der Waals surface area contributed by atoms with Crippen LogP contribution >= 0.6 is 27.7 Å². The Labute approximate surface area is 186 Å². The lowest BCUT2D eigenvalue weighted by molar-refractivity contribution is -0.139. The molecule has 1 aromatic carbocycles. The lowest BCUT2D eigenvalue weighted by atomic mass is 9.92. The van der Waals surface area contributed by atoms with Gasteiger partial charge in [-0.25, -0.2) is 9.88 Å². The second kappa shape index (κ2) is 9.30. The fourth-order valence-corrected chi connectivity index (χ4v) is 5.07. The number of benzene rings is 1. The van der Waals surface area contributed by atoms with Crippen LogP contribution in [0.1, 0.15) is 38.5 Å². The van der Waals surface area contributed by atoms with Crippen molar-refractivity contribution in [2.45, 2.75) is 55.8 Å². The zero-order valence-corrected chi connectivity index (χ0v) is 18.7. The van der Waals surface area contributed by atoms with Crippen LogP contribution in [0.2, 0.25) is 0 Å². The Hall–Kier alpha value is -2.20. The molecule has 1 saturated heterocycles. The highest BCUT2D eigenvalue weighted by molar-refractivity contribution is 9.10. The number of anilines is 1. The number of halogens is 1. The van der Waals surface area contributed by atoms with Crippen LogP contribution < -0.4 is 4.90 Å². The predicted octanol–water partition coefficient (Wildman–Crippen LogP) is 3.15. The lowest BCUT2D eigenvalue weighted by Gasteiger charge is -2.37. The minimum absolute atomic E-state index is 0.0180. The van der Waals surface area contributed by atoms with E-state index >= 15 is 0 Å². The minimum atomic E-state index is -0.757. The van der Waals surface area contributed by atoms with Gasteiger partial charge in [0.15, 0.2) is 5.16 Å². The van der Waals surface area contributed by atoms with Gasteiger partial charge in [0.05, 0.1) is 17.9 Å². The molecule has 2 heterocycles. The van der Waals surface area contributed by atoms with E-state index in [0.29, 0.717) is 10.8 Å². The summed E-state index contributed by atoms with van der Waals surface area (Å²) in [6, 6.07) is 6.27. The Bertz CT molecular complexity index is 915. The van der Waals surface area contributed by atoms with E-state index < -0.39 is 6.04 Å². The van der Waals surface area contributed by atoms with Gasteiger partial charge in [-0.05, 0) is 37.1 Å². The quantitative estimate of drug-likeness (QED) is 0.492. The molecule has 2 aromatic rings. The van der Waals surface area contributed by atoms with Gasteiger partial charge in [-0.3, -0.25) is 19.5 Å². The first-order chi connectivity index (χ1) is 14.5. The molecule has 1 atom stereocenters. The maximum Gasteiger partial charge on any atom is 0.257 e. The Kier molecular flexibility index (Phi) is 6.52. The van der Waals surface area contributed by atoms with Crippen molar-refractivity contribution in [3.8, 4) is 0 Å². The Morgan fingerprint density at radius 2 is 1.93 bits per heavy atom. The van der Waals surface area contributed by atoms with E-state index in [0.717, 1.165) is 36.6 Å². The van der Waals surface area contributed by atoms with Gasteiger partial charge >= 0.3 is 0 Å². The summed E-state index contributed by atoms with van der Waals surface area (Å²) in [7, 11) is 0. The summed E-state index contributed by atoms with van der Waals surface area (Å²) in [6.45, 7) is 0. The van der Waals surface area contributed by atoms with E-state index in [1.807, 2.05) is 0 Å². The third-order valence-electron chi connectivity index (χ3n) is 5.52. The maximum absolute atomic E-state index is 13.3. The number of nitrogens with zero attached hydrogens (tertiary/aromatic N) is 4. The van der Waals surface area contributed by atoms with Crippen molar-refractivity contribution in [3.63, 3.8) is 0 Å². The van der Waals surface area contributed by atoms with Crippen molar-refractivity contribution in [2.24, 2.45) is 0 Å². The zero-order chi connectivity index (χ0) is 21.1. The van der Waals surface area contributed by atoms with Gasteiger partial charge in [0, 0.05) is 10.5 Å². The number of carbonyl (C=O) groups is 3. The number of carbonyl (C=O) groups excluding carboxylic acids is 3. The first-order valence-corrected chi connectivity index (χ1v) is 11.7. The SMILES string of the molecule is O=C1CC(N(C(=O)CSc2ncn[nH]2)C2CCCCC2)C(=O)N1c1ccc(Br)cc1. The molecule has 30 heavy (non-hydrogen) atoms. The van der Waals surface area contributed by atoms with Gasteiger partial charge in [-0.1, -0.05) is 47.0 Å². The third-order valence-corrected chi connectivity index (χ3v) is 6.91. The third kappa shape index (κ3) is 4.44. The van der Waals surface area contributed by atoms with Gasteiger partial charge in [-0.15, -0.1) is 0 Å². The van der Waals surface area contributed by atoms with Crippen LogP contribution in [0.4, 0.5) is 5.69 Å². The molecule has 1 unspecified atom stereocenters. The monoisotopic (exact) mass is 491 g/mol. The minimum Gasteiger partial charge on any atom is -0.326 e. The van der Waals surface area contributed by atoms with E-state index in [1.54, 1.807) is 29.2 Å². The van der Waals surface area contributed by atoms with Crippen molar-refractivity contribution in [1.82, 2.24) is 20.1 Å². The maximum atomic E-state index is 13.3. The number of hydrogen-bond acceptors (Lipinski definition) is 6. The van der Waals surface area contributed by atoms with Crippen LogP contribution in [0.5, 0.6) is 0 Å². The molecule has 1 aliphatic carbocycles. The lowest BCUT2D eigenvalue weighted by Crippen LogP contribution is -2.52. The van der Waals surface area contributed by atoms with E-state index in [1.165, 1.54) is 23.0 Å². The summed E-state index contributed by atoms with van der Waals surface area (Å²) in [5, 5.41) is 7.07. The number of nitrogens with one attached hydrogen (secondary N) is 1. The van der Waals surface area contributed by atoms with Crippen molar-refractivity contribution in [2.75, 3.05) is 10.7 Å². The molecule has 0 bridgehead atoms. The summed E-state index contributed by atoms with van der Waals surface area (Å²) in [4.78, 5) is 46.2. The average Bonchev–Trinajstić information content (AvgIpc) is 3.37. The predicted molar refractivity (Wildman–Crippen MR) is 116 cm³/mol. The first-order valence-electron chi connectivity index (χ1n) is 9.96. The smallest absolute Gasteiger partial charge is 0.257 e. The van der Waals surface area contributed by atoms with E-state index in [2.05, 4.69) is 31.1 Å². The second-order valence-electron chi connectivity index (χ2n) is 7.44. The topological polar surface area (TPSA) is 99.3 Å². The summed E-state index contributed by atoms with van der Waals surface area (Å²) in [6.07, 6.45) is 6.30. The summed E-state index contributed by atoms with van der Waals surface area (Å²) in [5.41, 5.74) is 0.530. The highest BCUT2D eigenvalue weighted by atomic mass is 79.9. The molecule has 10 heteroatoms. The Morgan fingerprint density at radius 3 is 2.60 bits per heavy atom. The van der Waals surface area contributed by atoms with E-state index in [9.17, 15) is 14.4 Å². The van der Waals surface area contributed by atoms with Crippen LogP contribution in [-0.4, -0.2) is 55.6 Å². The second-order valence-corrected chi connectivity index (χ2v) is 9.32. The highest BCUT2D eigenvalue weighted by Crippen LogP contribution is 2.32. The number of rotatable bonds is 6. The normalized spacial score (nSPS) is 20.0.